The van der Waals surface area contributed by atoms with Crippen LogP contribution in [0.3, 0.4) is 0 Å². The minimum absolute atomic E-state index is 0.00740. The number of carbonyl (C=O) groups excluding carboxylic acids is 1. The number of rotatable bonds is 8. The number of fused-ring (bicyclic) bond motifs is 3. The highest BCUT2D eigenvalue weighted by atomic mass is 16.5. The number of hydrogen-bond donors (Lipinski definition) is 2. The third-order valence-corrected chi connectivity index (χ3v) is 6.17. The minimum Gasteiger partial charge on any atom is -0.494 e. The van der Waals surface area contributed by atoms with Crippen LogP contribution < -0.4 is 14.8 Å². The van der Waals surface area contributed by atoms with Gasteiger partial charge in [0.25, 0.3) is 0 Å². The zero-order chi connectivity index (χ0) is 25.8. The summed E-state index contributed by atoms with van der Waals surface area (Å²) in [4.78, 5) is 24.4. The normalized spacial score (nSPS) is 11.8. The maximum atomic E-state index is 12.8. The van der Waals surface area contributed by atoms with Crippen molar-refractivity contribution in [2.24, 2.45) is 0 Å². The summed E-state index contributed by atoms with van der Waals surface area (Å²) in [6, 6.07) is 27.4. The fraction of sp³-hybridized carbons (Fsp3) is 0.133. The highest BCUT2D eigenvalue weighted by molar-refractivity contribution is 5.93. The fourth-order valence-corrected chi connectivity index (χ4v) is 4.49. The maximum Gasteiger partial charge on any atom is 0.411 e. The molecule has 5 rings (SSSR count). The van der Waals surface area contributed by atoms with E-state index in [9.17, 15) is 14.7 Å². The van der Waals surface area contributed by atoms with Crippen molar-refractivity contribution in [1.29, 1.82) is 0 Å². The number of anilines is 1. The van der Waals surface area contributed by atoms with E-state index in [1.807, 2.05) is 43.3 Å². The smallest absolute Gasteiger partial charge is 0.411 e. The first kappa shape index (κ1) is 23.9. The van der Waals surface area contributed by atoms with Gasteiger partial charge in [-0.15, -0.1) is 0 Å². The van der Waals surface area contributed by atoms with Crippen LogP contribution in [0.15, 0.2) is 91.0 Å². The summed E-state index contributed by atoms with van der Waals surface area (Å²) in [5, 5.41) is 12.1. The molecule has 0 saturated heterocycles. The number of amides is 1. The van der Waals surface area contributed by atoms with Crippen LogP contribution in [0.4, 0.5) is 10.5 Å². The molecule has 0 radical (unpaired) electrons. The number of carboxylic acid groups (broad SMARTS) is 1. The Kier molecular flexibility index (Phi) is 6.76. The van der Waals surface area contributed by atoms with Gasteiger partial charge < -0.3 is 19.3 Å². The zero-order valence-electron chi connectivity index (χ0n) is 20.1. The Morgan fingerprint density at radius 1 is 0.838 bits per heavy atom. The zero-order valence-corrected chi connectivity index (χ0v) is 20.1. The van der Waals surface area contributed by atoms with Gasteiger partial charge in [0, 0.05) is 5.92 Å². The van der Waals surface area contributed by atoms with Gasteiger partial charge >= 0.3 is 12.1 Å². The molecule has 1 aliphatic rings. The molecule has 7 nitrogen and oxygen atoms in total. The van der Waals surface area contributed by atoms with E-state index in [-0.39, 0.29) is 29.5 Å². The van der Waals surface area contributed by atoms with Gasteiger partial charge in [-0.3, -0.25) is 5.32 Å². The van der Waals surface area contributed by atoms with Gasteiger partial charge in [0.15, 0.2) is 5.75 Å². The van der Waals surface area contributed by atoms with Crippen molar-refractivity contribution in [2.45, 2.75) is 12.8 Å². The number of carbonyl (C=O) groups is 2. The van der Waals surface area contributed by atoms with Crippen LogP contribution in [0.25, 0.3) is 11.1 Å². The molecule has 0 aromatic heterocycles. The van der Waals surface area contributed by atoms with E-state index in [0.717, 1.165) is 22.3 Å². The molecule has 1 aliphatic carbocycles. The second kappa shape index (κ2) is 10.5. The van der Waals surface area contributed by atoms with Gasteiger partial charge in [0.2, 0.25) is 0 Å². The van der Waals surface area contributed by atoms with Crippen LogP contribution in [0.2, 0.25) is 0 Å². The molecule has 2 N–H and O–H groups in total. The van der Waals surface area contributed by atoms with Crippen LogP contribution in [0.5, 0.6) is 17.2 Å². The first-order chi connectivity index (χ1) is 18.0. The van der Waals surface area contributed by atoms with E-state index in [4.69, 9.17) is 14.2 Å². The standard InChI is InChI=1S/C30H25NO6/c1-2-35-20-12-14-21(15-13-20)37-28-16-11-19(29(32)33)17-27(28)31-30(34)36-18-26-24-9-5-3-7-22(24)23-8-4-6-10-25(23)26/h3-17,26H,2,18H2,1H3,(H,31,34)(H,32,33). The van der Waals surface area contributed by atoms with Crippen molar-refractivity contribution in [1.82, 2.24) is 0 Å². The predicted octanol–water partition coefficient (Wildman–Crippen LogP) is 6.94. The molecule has 0 saturated carbocycles. The Hall–Kier alpha value is -4.78. The van der Waals surface area contributed by atoms with Gasteiger partial charge in [0.05, 0.1) is 17.9 Å². The lowest BCUT2D eigenvalue weighted by atomic mass is 9.98. The Balaban J connectivity index is 1.33. The van der Waals surface area contributed by atoms with Crippen molar-refractivity contribution < 1.29 is 28.9 Å². The molecule has 0 aliphatic heterocycles. The Morgan fingerprint density at radius 3 is 2.08 bits per heavy atom. The summed E-state index contributed by atoms with van der Waals surface area (Å²) >= 11 is 0. The minimum atomic E-state index is -1.12. The lowest BCUT2D eigenvalue weighted by molar-refractivity contribution is 0.0696. The Labute approximate surface area is 214 Å². The average molecular weight is 496 g/mol. The number of nitrogens with one attached hydrogen (secondary N) is 1. The number of aromatic carboxylic acids is 1. The van der Waals surface area contributed by atoms with E-state index < -0.39 is 12.1 Å². The molecule has 0 bridgehead atoms. The third-order valence-electron chi connectivity index (χ3n) is 6.17. The van der Waals surface area contributed by atoms with E-state index >= 15 is 0 Å². The summed E-state index contributed by atoms with van der Waals surface area (Å²) in [6.07, 6.45) is -0.707. The van der Waals surface area contributed by atoms with Crippen molar-refractivity contribution in [2.75, 3.05) is 18.5 Å². The van der Waals surface area contributed by atoms with Gasteiger partial charge in [-0.25, -0.2) is 9.59 Å². The van der Waals surface area contributed by atoms with Crippen LogP contribution in [-0.2, 0) is 4.74 Å². The lowest BCUT2D eigenvalue weighted by Gasteiger charge is -2.16. The first-order valence-electron chi connectivity index (χ1n) is 11.9. The molecule has 0 unspecified atom stereocenters. The number of ether oxygens (including phenoxy) is 3. The van der Waals surface area contributed by atoms with E-state index in [0.29, 0.717) is 18.1 Å². The van der Waals surface area contributed by atoms with Crippen molar-refractivity contribution in [3.8, 4) is 28.4 Å². The molecule has 0 fully saturated rings. The van der Waals surface area contributed by atoms with Gasteiger partial charge in [-0.2, -0.15) is 0 Å². The predicted molar refractivity (Wildman–Crippen MR) is 140 cm³/mol. The molecule has 0 heterocycles. The molecule has 1 amide bonds. The van der Waals surface area contributed by atoms with Gasteiger partial charge in [-0.05, 0) is 71.6 Å². The second-order valence-electron chi connectivity index (χ2n) is 8.47. The third kappa shape index (κ3) is 5.11. The molecular weight excluding hydrogens is 470 g/mol. The largest absolute Gasteiger partial charge is 0.494 e. The van der Waals surface area contributed by atoms with Crippen LogP contribution in [0, 0.1) is 0 Å². The summed E-state index contributed by atoms with van der Waals surface area (Å²) in [5.41, 5.74) is 4.66. The second-order valence-corrected chi connectivity index (χ2v) is 8.47. The van der Waals surface area contributed by atoms with Crippen molar-refractivity contribution >= 4 is 17.7 Å². The molecule has 186 valence electrons. The summed E-state index contributed by atoms with van der Waals surface area (Å²) in [7, 11) is 0. The van der Waals surface area contributed by atoms with Crippen molar-refractivity contribution in [3.05, 3.63) is 108 Å². The molecule has 0 spiro atoms. The topological polar surface area (TPSA) is 94.1 Å². The summed E-state index contributed by atoms with van der Waals surface area (Å²) in [5.74, 6) is 0.268. The first-order valence-corrected chi connectivity index (χ1v) is 11.9. The van der Waals surface area contributed by atoms with E-state index in [1.54, 1.807) is 24.3 Å². The molecule has 7 heteroatoms. The molecule has 4 aromatic rings. The van der Waals surface area contributed by atoms with Crippen LogP contribution >= 0.6 is 0 Å². The number of hydrogen-bond acceptors (Lipinski definition) is 5. The number of benzene rings is 4. The molecular formula is C30H25NO6. The average Bonchev–Trinajstić information content (AvgIpc) is 3.23. The fourth-order valence-electron chi connectivity index (χ4n) is 4.49. The van der Waals surface area contributed by atoms with Crippen LogP contribution in [-0.4, -0.2) is 30.4 Å². The molecule has 4 aromatic carbocycles. The molecule has 37 heavy (non-hydrogen) atoms. The highest BCUT2D eigenvalue weighted by Crippen LogP contribution is 2.44. The SMILES string of the molecule is CCOc1ccc(Oc2ccc(C(=O)O)cc2NC(=O)OCC2c3ccccc3-c3ccccc32)cc1. The Bertz CT molecular complexity index is 1400. The van der Waals surface area contributed by atoms with Gasteiger partial charge in [-0.1, -0.05) is 48.5 Å². The van der Waals surface area contributed by atoms with E-state index in [1.165, 1.54) is 18.2 Å². The highest BCUT2D eigenvalue weighted by Gasteiger charge is 2.29. The monoisotopic (exact) mass is 495 g/mol. The quantitative estimate of drug-likeness (QED) is 0.275. The van der Waals surface area contributed by atoms with Gasteiger partial charge in [0.1, 0.15) is 18.1 Å². The maximum absolute atomic E-state index is 12.8. The Morgan fingerprint density at radius 2 is 1.46 bits per heavy atom. The lowest BCUT2D eigenvalue weighted by Crippen LogP contribution is -2.18. The summed E-state index contributed by atoms with van der Waals surface area (Å²) in [6.45, 7) is 2.58. The van der Waals surface area contributed by atoms with Crippen LogP contribution in [0.1, 0.15) is 34.3 Å². The number of carboxylic acids is 1. The molecule has 0 atom stereocenters. The van der Waals surface area contributed by atoms with Crippen molar-refractivity contribution in [3.63, 3.8) is 0 Å². The summed E-state index contributed by atoms with van der Waals surface area (Å²) < 4.78 is 17.0. The van der Waals surface area contributed by atoms with E-state index in [2.05, 4.69) is 17.4 Å².